The van der Waals surface area contributed by atoms with Gasteiger partial charge in [0.15, 0.2) is 0 Å². The highest BCUT2D eigenvalue weighted by Gasteiger charge is 2.34. The summed E-state index contributed by atoms with van der Waals surface area (Å²) in [6.45, 7) is 4.39. The molecule has 28 heavy (non-hydrogen) atoms. The Labute approximate surface area is 166 Å². The Kier molecular flexibility index (Phi) is 10.8. The zero-order valence-corrected chi connectivity index (χ0v) is 16.8. The van der Waals surface area contributed by atoms with E-state index in [1.165, 1.54) is 0 Å². The van der Waals surface area contributed by atoms with Crippen LogP contribution in [-0.4, -0.2) is 60.5 Å². The third-order valence-corrected chi connectivity index (χ3v) is 4.92. The van der Waals surface area contributed by atoms with Crippen molar-refractivity contribution in [2.24, 2.45) is 11.3 Å². The molecule has 8 heteroatoms. The van der Waals surface area contributed by atoms with Crippen LogP contribution in [-0.2, 0) is 23.9 Å². The lowest BCUT2D eigenvalue weighted by atomic mass is 9.76. The van der Waals surface area contributed by atoms with E-state index in [0.717, 1.165) is 25.7 Å². The van der Waals surface area contributed by atoms with Crippen molar-refractivity contribution in [1.29, 1.82) is 0 Å². The van der Waals surface area contributed by atoms with Gasteiger partial charge in [0.2, 0.25) is 5.91 Å². The van der Waals surface area contributed by atoms with Crippen LogP contribution in [0.25, 0.3) is 0 Å². The van der Waals surface area contributed by atoms with E-state index in [1.807, 2.05) is 6.92 Å². The van der Waals surface area contributed by atoms with Gasteiger partial charge in [0, 0.05) is 5.41 Å². The van der Waals surface area contributed by atoms with Gasteiger partial charge in [-0.1, -0.05) is 26.0 Å². The highest BCUT2D eigenvalue weighted by atomic mass is 16.5. The van der Waals surface area contributed by atoms with E-state index >= 15 is 0 Å². The first-order chi connectivity index (χ1) is 13.2. The van der Waals surface area contributed by atoms with E-state index in [9.17, 15) is 14.4 Å². The summed E-state index contributed by atoms with van der Waals surface area (Å²) in [4.78, 5) is 34.1. The Hall–Kier alpha value is -1.93. The molecule has 1 aliphatic rings. The minimum absolute atomic E-state index is 0.0381. The second kappa shape index (κ2) is 12.5. The van der Waals surface area contributed by atoms with Gasteiger partial charge in [0.25, 0.3) is 0 Å². The quantitative estimate of drug-likeness (QED) is 0.340. The number of nitrogens with one attached hydrogen (secondary N) is 1. The molecule has 0 aliphatic heterocycles. The summed E-state index contributed by atoms with van der Waals surface area (Å²) >= 11 is 0. The molecule has 0 heterocycles. The number of hydrogen-bond donors (Lipinski definition) is 3. The molecule has 0 saturated heterocycles. The average molecular weight is 399 g/mol. The minimum atomic E-state index is -0.956. The second-order valence-corrected chi connectivity index (χ2v) is 7.65. The summed E-state index contributed by atoms with van der Waals surface area (Å²) in [6, 6.07) is -0.467. The Balaban J connectivity index is 2.61. The van der Waals surface area contributed by atoms with Gasteiger partial charge in [-0.15, -0.1) is 0 Å². The van der Waals surface area contributed by atoms with E-state index in [1.54, 1.807) is 0 Å². The van der Waals surface area contributed by atoms with Crippen molar-refractivity contribution in [1.82, 2.24) is 5.32 Å². The molecule has 0 aromatic heterocycles. The number of aliphatic carboxylic acids is 2. The number of carboxylic acid groups (broad SMARTS) is 2. The first-order valence-corrected chi connectivity index (χ1v) is 9.79. The first-order valence-electron chi connectivity index (χ1n) is 9.79. The van der Waals surface area contributed by atoms with Crippen molar-refractivity contribution in [3.63, 3.8) is 0 Å². The number of ether oxygens (including phenoxy) is 2. The van der Waals surface area contributed by atoms with Crippen LogP contribution < -0.4 is 5.32 Å². The Morgan fingerprint density at radius 2 is 1.68 bits per heavy atom. The van der Waals surface area contributed by atoms with Crippen LogP contribution in [0.15, 0.2) is 12.2 Å². The minimum Gasteiger partial charge on any atom is -0.481 e. The summed E-state index contributed by atoms with van der Waals surface area (Å²) in [5, 5.41) is 20.3. The fraction of sp³-hybridized carbons (Fsp3) is 0.750. The third-order valence-electron chi connectivity index (χ3n) is 4.92. The van der Waals surface area contributed by atoms with Gasteiger partial charge < -0.3 is 25.0 Å². The lowest BCUT2D eigenvalue weighted by Crippen LogP contribution is -2.48. The smallest absolute Gasteiger partial charge is 0.305 e. The number of hydrogen-bond acceptors (Lipinski definition) is 5. The van der Waals surface area contributed by atoms with Crippen LogP contribution in [0.2, 0.25) is 0 Å². The van der Waals surface area contributed by atoms with E-state index in [2.05, 4.69) is 24.4 Å². The fourth-order valence-electron chi connectivity index (χ4n) is 2.99. The van der Waals surface area contributed by atoms with Crippen LogP contribution in [0.1, 0.15) is 52.4 Å². The van der Waals surface area contributed by atoms with Gasteiger partial charge >= 0.3 is 11.9 Å². The number of carbonyl (C=O) groups is 3. The van der Waals surface area contributed by atoms with Crippen LogP contribution in [0.3, 0.4) is 0 Å². The maximum Gasteiger partial charge on any atom is 0.305 e. The van der Waals surface area contributed by atoms with Gasteiger partial charge in [0.05, 0.1) is 45.3 Å². The fourth-order valence-corrected chi connectivity index (χ4v) is 2.99. The van der Waals surface area contributed by atoms with E-state index in [4.69, 9.17) is 19.7 Å². The standard InChI is InChI=1S/C20H33NO7/c1-15-5-3-4-9-20(2,10-6-15)19(26)21-16(13-27-11-7-17(22)23)14-28-12-8-18(24)25/h3,5,15-16H,4,6-14H2,1-2H3,(H,21,26)(H,22,23)(H,24,25)/b5-3+. The van der Waals surface area contributed by atoms with Crippen LogP contribution >= 0.6 is 0 Å². The van der Waals surface area contributed by atoms with Gasteiger partial charge in [-0.2, -0.15) is 0 Å². The predicted octanol–water partition coefficient (Wildman–Crippen LogP) is 2.23. The van der Waals surface area contributed by atoms with E-state index in [0.29, 0.717) is 5.92 Å². The zero-order chi connectivity index (χ0) is 21.0. The number of rotatable bonds is 12. The van der Waals surface area contributed by atoms with Crippen LogP contribution in [0.4, 0.5) is 0 Å². The van der Waals surface area contributed by atoms with Crippen molar-refractivity contribution >= 4 is 17.8 Å². The SMILES string of the molecule is CC1/C=C/CCC(C)(C(=O)NC(COCCC(=O)O)COCCC(=O)O)CC1. The Morgan fingerprint density at radius 3 is 2.21 bits per heavy atom. The van der Waals surface area contributed by atoms with Crippen molar-refractivity contribution in [3.8, 4) is 0 Å². The van der Waals surface area contributed by atoms with Gasteiger partial charge in [-0.3, -0.25) is 14.4 Å². The summed E-state index contributed by atoms with van der Waals surface area (Å²) in [5.74, 6) is -1.56. The molecule has 160 valence electrons. The maximum atomic E-state index is 12.9. The Morgan fingerprint density at radius 1 is 1.11 bits per heavy atom. The largest absolute Gasteiger partial charge is 0.481 e. The third kappa shape index (κ3) is 9.85. The molecule has 0 aromatic rings. The molecule has 3 N–H and O–H groups in total. The van der Waals surface area contributed by atoms with Gasteiger partial charge in [-0.25, -0.2) is 0 Å². The molecule has 1 amide bonds. The monoisotopic (exact) mass is 399 g/mol. The number of amides is 1. The zero-order valence-electron chi connectivity index (χ0n) is 16.8. The molecule has 0 fully saturated rings. The average Bonchev–Trinajstić information content (AvgIpc) is 2.62. The molecule has 1 rings (SSSR count). The van der Waals surface area contributed by atoms with E-state index < -0.39 is 23.4 Å². The normalized spacial score (nSPS) is 23.6. The van der Waals surface area contributed by atoms with Crippen molar-refractivity contribution in [2.75, 3.05) is 26.4 Å². The molecule has 0 bridgehead atoms. The number of allylic oxidation sites excluding steroid dienone is 2. The molecule has 1 aliphatic carbocycles. The molecule has 0 aromatic carbocycles. The summed E-state index contributed by atoms with van der Waals surface area (Å²) in [5.41, 5.74) is -0.501. The van der Waals surface area contributed by atoms with Crippen molar-refractivity contribution in [3.05, 3.63) is 12.2 Å². The molecule has 2 unspecified atom stereocenters. The number of carbonyl (C=O) groups excluding carboxylic acids is 1. The maximum absolute atomic E-state index is 12.9. The molecule has 8 nitrogen and oxygen atoms in total. The molecular formula is C20H33NO7. The predicted molar refractivity (Wildman–Crippen MR) is 103 cm³/mol. The van der Waals surface area contributed by atoms with Crippen LogP contribution in [0, 0.1) is 11.3 Å². The summed E-state index contributed by atoms with van der Waals surface area (Å²) < 4.78 is 10.7. The summed E-state index contributed by atoms with van der Waals surface area (Å²) in [6.07, 6.45) is 7.35. The second-order valence-electron chi connectivity index (χ2n) is 7.65. The highest BCUT2D eigenvalue weighted by molar-refractivity contribution is 5.82. The number of carboxylic acids is 2. The van der Waals surface area contributed by atoms with E-state index in [-0.39, 0.29) is 45.2 Å². The molecule has 0 radical (unpaired) electrons. The molecule has 0 saturated carbocycles. The van der Waals surface area contributed by atoms with Gasteiger partial charge in [-0.05, 0) is 31.6 Å². The molecule has 2 atom stereocenters. The molecule has 0 spiro atoms. The topological polar surface area (TPSA) is 122 Å². The Bertz CT molecular complexity index is 527. The molecular weight excluding hydrogens is 366 g/mol. The van der Waals surface area contributed by atoms with Crippen LogP contribution in [0.5, 0.6) is 0 Å². The lowest BCUT2D eigenvalue weighted by molar-refractivity contribution is -0.139. The first kappa shape index (κ1) is 24.1. The van der Waals surface area contributed by atoms with Crippen molar-refractivity contribution in [2.45, 2.75) is 58.4 Å². The highest BCUT2D eigenvalue weighted by Crippen LogP contribution is 2.33. The van der Waals surface area contributed by atoms with Crippen molar-refractivity contribution < 1.29 is 34.1 Å². The summed E-state index contributed by atoms with van der Waals surface area (Å²) in [7, 11) is 0. The van der Waals surface area contributed by atoms with Gasteiger partial charge in [0.1, 0.15) is 0 Å². The lowest BCUT2D eigenvalue weighted by Gasteiger charge is -2.32.